The third-order valence-electron chi connectivity index (χ3n) is 5.61. The van der Waals surface area contributed by atoms with Crippen molar-refractivity contribution in [2.75, 3.05) is 25.5 Å². The quantitative estimate of drug-likeness (QED) is 0.549. The van der Waals surface area contributed by atoms with Gasteiger partial charge in [-0.25, -0.2) is 4.79 Å². The van der Waals surface area contributed by atoms with Gasteiger partial charge in [0.2, 0.25) is 0 Å². The number of likely N-dealkylation sites (tertiary alicyclic amines) is 1. The molecule has 178 valence electrons. The number of piperidine rings is 1. The summed E-state index contributed by atoms with van der Waals surface area (Å²) in [7, 11) is 2.08. The SMILES string of the molecule is CN1CCC(OC(=O)Nc2ccc(CCCC(=O)OC(C)(C)C)cc2-c2ccccc2)CC1. The minimum absolute atomic E-state index is 0.0477. The fraction of sp³-hybridized carbons (Fsp3) is 0.481. The molecule has 0 spiro atoms. The molecule has 3 rings (SSSR count). The summed E-state index contributed by atoms with van der Waals surface area (Å²) in [5.74, 6) is -0.180. The Balaban J connectivity index is 1.66. The molecule has 2 aromatic rings. The van der Waals surface area contributed by atoms with E-state index in [-0.39, 0.29) is 12.1 Å². The van der Waals surface area contributed by atoms with Crippen molar-refractivity contribution in [3.8, 4) is 11.1 Å². The zero-order valence-corrected chi connectivity index (χ0v) is 20.2. The number of hydrogen-bond acceptors (Lipinski definition) is 5. The standard InChI is InChI=1S/C27H36N2O4/c1-27(2,3)33-25(30)12-8-9-20-13-14-24(23(19-20)21-10-6-5-7-11-21)28-26(31)32-22-15-17-29(4)18-16-22/h5-7,10-11,13-14,19,22H,8-9,12,15-18H2,1-4H3,(H,28,31). The Labute approximate surface area is 197 Å². The molecule has 6 nitrogen and oxygen atoms in total. The minimum atomic E-state index is -0.465. The van der Waals surface area contributed by atoms with Crippen molar-refractivity contribution in [2.24, 2.45) is 0 Å². The van der Waals surface area contributed by atoms with Crippen LogP contribution in [0.1, 0.15) is 52.0 Å². The number of ether oxygens (including phenoxy) is 2. The topological polar surface area (TPSA) is 67.9 Å². The van der Waals surface area contributed by atoms with Crippen LogP contribution in [0.4, 0.5) is 10.5 Å². The minimum Gasteiger partial charge on any atom is -0.460 e. The summed E-state index contributed by atoms with van der Waals surface area (Å²) >= 11 is 0. The van der Waals surface area contributed by atoms with E-state index in [4.69, 9.17) is 9.47 Å². The molecule has 1 amide bonds. The van der Waals surface area contributed by atoms with Crippen LogP contribution in [-0.2, 0) is 20.7 Å². The molecule has 1 aliphatic heterocycles. The van der Waals surface area contributed by atoms with E-state index in [1.54, 1.807) is 0 Å². The Bertz CT molecular complexity index is 929. The van der Waals surface area contributed by atoms with Crippen molar-refractivity contribution >= 4 is 17.7 Å². The highest BCUT2D eigenvalue weighted by atomic mass is 16.6. The van der Waals surface area contributed by atoms with Gasteiger partial charge in [-0.05, 0) is 76.8 Å². The van der Waals surface area contributed by atoms with Crippen molar-refractivity contribution in [1.82, 2.24) is 4.90 Å². The number of anilines is 1. The van der Waals surface area contributed by atoms with E-state index >= 15 is 0 Å². The molecule has 0 atom stereocenters. The molecule has 6 heteroatoms. The molecule has 0 unspecified atom stereocenters. The van der Waals surface area contributed by atoms with E-state index in [0.29, 0.717) is 12.8 Å². The van der Waals surface area contributed by atoms with E-state index in [1.807, 2.05) is 63.2 Å². The van der Waals surface area contributed by atoms with E-state index < -0.39 is 11.7 Å². The number of nitrogens with one attached hydrogen (secondary N) is 1. The van der Waals surface area contributed by atoms with Crippen LogP contribution in [0, 0.1) is 0 Å². The lowest BCUT2D eigenvalue weighted by Crippen LogP contribution is -2.36. The zero-order valence-electron chi connectivity index (χ0n) is 20.2. The molecule has 0 saturated carbocycles. The van der Waals surface area contributed by atoms with Gasteiger partial charge in [-0.15, -0.1) is 0 Å². The summed E-state index contributed by atoms with van der Waals surface area (Å²) < 4.78 is 11.1. The summed E-state index contributed by atoms with van der Waals surface area (Å²) in [6.07, 6.45) is 3.07. The number of amides is 1. The van der Waals surface area contributed by atoms with E-state index in [9.17, 15) is 9.59 Å². The predicted molar refractivity (Wildman–Crippen MR) is 131 cm³/mol. The van der Waals surface area contributed by atoms with Crippen LogP contribution in [0.25, 0.3) is 11.1 Å². The zero-order chi connectivity index (χ0) is 23.8. The van der Waals surface area contributed by atoms with Crippen molar-refractivity contribution < 1.29 is 19.1 Å². The van der Waals surface area contributed by atoms with Gasteiger partial charge in [0, 0.05) is 25.1 Å². The Morgan fingerprint density at radius 1 is 1.06 bits per heavy atom. The molecular weight excluding hydrogens is 416 g/mol. The highest BCUT2D eigenvalue weighted by Crippen LogP contribution is 2.30. The summed E-state index contributed by atoms with van der Waals surface area (Å²) in [5, 5.41) is 2.95. The van der Waals surface area contributed by atoms with Gasteiger partial charge in [-0.3, -0.25) is 10.1 Å². The second kappa shape index (κ2) is 11.3. The Morgan fingerprint density at radius 2 is 1.76 bits per heavy atom. The fourth-order valence-corrected chi connectivity index (χ4v) is 3.94. The molecule has 33 heavy (non-hydrogen) atoms. The number of benzene rings is 2. The predicted octanol–water partition coefficient (Wildman–Crippen LogP) is 5.66. The average Bonchev–Trinajstić information content (AvgIpc) is 2.75. The maximum absolute atomic E-state index is 12.6. The third kappa shape index (κ3) is 8.21. The molecule has 0 bridgehead atoms. The van der Waals surface area contributed by atoms with E-state index in [1.165, 1.54) is 0 Å². The third-order valence-corrected chi connectivity index (χ3v) is 5.61. The first-order chi connectivity index (χ1) is 15.7. The Hall–Kier alpha value is -2.86. The van der Waals surface area contributed by atoms with Gasteiger partial charge >= 0.3 is 12.1 Å². The number of esters is 1. The van der Waals surface area contributed by atoms with Crippen LogP contribution in [-0.4, -0.2) is 48.8 Å². The van der Waals surface area contributed by atoms with Crippen molar-refractivity contribution in [1.29, 1.82) is 0 Å². The van der Waals surface area contributed by atoms with Crippen LogP contribution < -0.4 is 5.32 Å². The summed E-state index contributed by atoms with van der Waals surface area (Å²) in [4.78, 5) is 26.8. The molecule has 0 aromatic heterocycles. The molecule has 1 fully saturated rings. The number of nitrogens with zero attached hydrogens (tertiary/aromatic N) is 1. The van der Waals surface area contributed by atoms with Crippen LogP contribution in [0.5, 0.6) is 0 Å². The second-order valence-corrected chi connectivity index (χ2v) is 9.72. The van der Waals surface area contributed by atoms with Crippen molar-refractivity contribution in [2.45, 2.75) is 64.6 Å². The molecular formula is C27H36N2O4. The summed E-state index contributed by atoms with van der Waals surface area (Å²) in [5.41, 5.74) is 3.31. The largest absolute Gasteiger partial charge is 0.460 e. The van der Waals surface area contributed by atoms with Crippen molar-refractivity contribution in [3.05, 3.63) is 54.1 Å². The Morgan fingerprint density at radius 3 is 2.42 bits per heavy atom. The average molecular weight is 453 g/mol. The van der Waals surface area contributed by atoms with Gasteiger partial charge in [0.25, 0.3) is 0 Å². The lowest BCUT2D eigenvalue weighted by atomic mass is 9.98. The van der Waals surface area contributed by atoms with Crippen LogP contribution in [0.2, 0.25) is 0 Å². The normalized spacial score (nSPS) is 15.2. The van der Waals surface area contributed by atoms with Gasteiger partial charge in [-0.2, -0.15) is 0 Å². The first-order valence-electron chi connectivity index (χ1n) is 11.8. The first kappa shape index (κ1) is 24.8. The summed E-state index contributed by atoms with van der Waals surface area (Å²) in [6.45, 7) is 7.50. The molecule has 0 aliphatic carbocycles. The number of rotatable bonds is 7. The van der Waals surface area contributed by atoms with Crippen molar-refractivity contribution in [3.63, 3.8) is 0 Å². The monoisotopic (exact) mass is 452 g/mol. The number of hydrogen-bond donors (Lipinski definition) is 1. The van der Waals surface area contributed by atoms with E-state index in [0.717, 1.165) is 54.7 Å². The molecule has 1 heterocycles. The number of aryl methyl sites for hydroxylation is 1. The van der Waals surface area contributed by atoms with E-state index in [2.05, 4.69) is 23.3 Å². The molecule has 2 aromatic carbocycles. The highest BCUT2D eigenvalue weighted by Gasteiger charge is 2.21. The van der Waals surface area contributed by atoms with Gasteiger partial charge in [0.05, 0.1) is 5.69 Å². The number of carbonyl (C=O) groups excluding carboxylic acids is 2. The molecule has 1 N–H and O–H groups in total. The fourth-order valence-electron chi connectivity index (χ4n) is 3.94. The summed E-state index contributed by atoms with van der Waals surface area (Å²) in [6, 6.07) is 16.0. The highest BCUT2D eigenvalue weighted by molar-refractivity contribution is 5.91. The maximum Gasteiger partial charge on any atom is 0.411 e. The Kier molecular flexibility index (Phi) is 8.50. The smallest absolute Gasteiger partial charge is 0.411 e. The molecule has 1 aliphatic rings. The maximum atomic E-state index is 12.6. The lowest BCUT2D eigenvalue weighted by molar-refractivity contribution is -0.154. The van der Waals surface area contributed by atoms with Gasteiger partial charge in [0.15, 0.2) is 0 Å². The molecule has 1 saturated heterocycles. The first-order valence-corrected chi connectivity index (χ1v) is 11.8. The van der Waals surface area contributed by atoms with Gasteiger partial charge in [-0.1, -0.05) is 36.4 Å². The number of carbonyl (C=O) groups is 2. The van der Waals surface area contributed by atoms with Gasteiger partial charge in [0.1, 0.15) is 11.7 Å². The van der Waals surface area contributed by atoms with Crippen LogP contribution in [0.15, 0.2) is 48.5 Å². The van der Waals surface area contributed by atoms with Crippen LogP contribution >= 0.6 is 0 Å². The lowest BCUT2D eigenvalue weighted by Gasteiger charge is -2.28. The van der Waals surface area contributed by atoms with Gasteiger partial charge < -0.3 is 14.4 Å². The molecule has 0 radical (unpaired) electrons. The second-order valence-electron chi connectivity index (χ2n) is 9.72. The van der Waals surface area contributed by atoms with Crippen LogP contribution in [0.3, 0.4) is 0 Å².